The van der Waals surface area contributed by atoms with Gasteiger partial charge in [0.05, 0.1) is 12.1 Å². The predicted molar refractivity (Wildman–Crippen MR) is 79.3 cm³/mol. The first-order valence-corrected chi connectivity index (χ1v) is 6.33. The van der Waals surface area contributed by atoms with E-state index in [-0.39, 0.29) is 16.6 Å². The smallest absolute Gasteiger partial charge is 0.187 e. The highest BCUT2D eigenvalue weighted by Gasteiger charge is 2.08. The average Bonchev–Trinajstić information content (AvgIpc) is 2.48. The zero-order chi connectivity index (χ0) is 14.5. The Morgan fingerprint density at radius 1 is 1.15 bits per heavy atom. The van der Waals surface area contributed by atoms with Crippen LogP contribution in [-0.4, -0.2) is 18.0 Å². The number of hydrogen-bond donors (Lipinski definition) is 1. The topological polar surface area (TPSA) is 46.5 Å². The molecule has 0 radical (unpaired) electrons. The van der Waals surface area contributed by atoms with Crippen molar-refractivity contribution in [3.63, 3.8) is 0 Å². The van der Waals surface area contributed by atoms with Crippen LogP contribution < -0.4 is 4.74 Å². The number of hydrogen-bond acceptors (Lipinski definition) is 3. The van der Waals surface area contributed by atoms with E-state index < -0.39 is 0 Å². The summed E-state index contributed by atoms with van der Waals surface area (Å²) in [5.74, 6) is 0.152. The Labute approximate surface area is 122 Å². The summed E-state index contributed by atoms with van der Waals surface area (Å²) < 4.78 is 5.00. The van der Waals surface area contributed by atoms with Gasteiger partial charge < -0.3 is 9.84 Å². The second-order valence-corrected chi connectivity index (χ2v) is 4.52. The van der Waals surface area contributed by atoms with Gasteiger partial charge in [-0.25, -0.2) is 0 Å². The van der Waals surface area contributed by atoms with Crippen LogP contribution in [-0.2, 0) is 0 Å². The molecule has 0 heterocycles. The van der Waals surface area contributed by atoms with Crippen LogP contribution in [0.4, 0.5) is 0 Å². The molecule has 2 aromatic carbocycles. The van der Waals surface area contributed by atoms with E-state index in [0.29, 0.717) is 16.9 Å². The Hall–Kier alpha value is -2.26. The third kappa shape index (κ3) is 3.19. The van der Waals surface area contributed by atoms with Gasteiger partial charge in [0.25, 0.3) is 0 Å². The summed E-state index contributed by atoms with van der Waals surface area (Å²) in [7, 11) is 1.45. The normalized spacial score (nSPS) is 11.2. The number of rotatable bonds is 4. The van der Waals surface area contributed by atoms with Crippen LogP contribution >= 0.6 is 11.6 Å². The molecule has 102 valence electrons. The van der Waals surface area contributed by atoms with Gasteiger partial charge in [-0.05, 0) is 23.8 Å². The van der Waals surface area contributed by atoms with Crippen molar-refractivity contribution in [2.45, 2.75) is 0 Å². The zero-order valence-electron chi connectivity index (χ0n) is 10.8. The first-order valence-electron chi connectivity index (χ1n) is 5.96. The van der Waals surface area contributed by atoms with Gasteiger partial charge in [0.15, 0.2) is 17.3 Å². The molecule has 0 atom stereocenters. The zero-order valence-corrected chi connectivity index (χ0v) is 11.6. The summed E-state index contributed by atoms with van der Waals surface area (Å²) in [6.45, 7) is 0. The minimum absolute atomic E-state index is 0.0232. The molecule has 0 fully saturated rings. The van der Waals surface area contributed by atoms with E-state index >= 15 is 0 Å². The molecule has 3 nitrogen and oxygen atoms in total. The third-order valence-corrected chi connectivity index (χ3v) is 3.10. The number of ketones is 1. The van der Waals surface area contributed by atoms with Crippen molar-refractivity contribution >= 4 is 22.4 Å². The highest BCUT2D eigenvalue weighted by Crippen LogP contribution is 2.30. The number of halogens is 1. The van der Waals surface area contributed by atoms with E-state index in [9.17, 15) is 9.90 Å². The van der Waals surface area contributed by atoms with Crippen molar-refractivity contribution in [1.82, 2.24) is 0 Å². The molecule has 0 aromatic heterocycles. The second kappa shape index (κ2) is 6.26. The molecule has 0 saturated heterocycles. The van der Waals surface area contributed by atoms with Gasteiger partial charge in [0.2, 0.25) is 0 Å². The van der Waals surface area contributed by atoms with Gasteiger partial charge in [-0.3, -0.25) is 4.79 Å². The van der Waals surface area contributed by atoms with Crippen LogP contribution in [0.2, 0.25) is 0 Å². The Balaban J connectivity index is 2.29. The number of ether oxygens (including phenoxy) is 1. The molecule has 0 aliphatic carbocycles. The Morgan fingerprint density at radius 3 is 2.50 bits per heavy atom. The number of phenols is 1. The highest BCUT2D eigenvalue weighted by molar-refractivity contribution is 6.50. The standard InChI is InChI=1S/C16H13ClO3/c1-20-16-9-12(7-8-14(16)18)13(17)10-15(19)11-5-3-2-4-6-11/h2-10,18H,1H3. The van der Waals surface area contributed by atoms with Gasteiger partial charge in [0, 0.05) is 11.6 Å². The van der Waals surface area contributed by atoms with E-state index in [0.717, 1.165) is 0 Å². The fourth-order valence-electron chi connectivity index (χ4n) is 1.71. The fourth-order valence-corrected chi connectivity index (χ4v) is 1.93. The number of phenolic OH excluding ortho intramolecular Hbond substituents is 1. The number of benzene rings is 2. The lowest BCUT2D eigenvalue weighted by Crippen LogP contribution is -1.94. The summed E-state index contributed by atoms with van der Waals surface area (Å²) in [5, 5.41) is 9.81. The minimum atomic E-state index is -0.178. The van der Waals surface area contributed by atoms with E-state index in [1.807, 2.05) is 6.07 Å². The van der Waals surface area contributed by atoms with E-state index in [1.54, 1.807) is 36.4 Å². The molecular weight excluding hydrogens is 276 g/mol. The summed E-state index contributed by atoms with van der Waals surface area (Å²) in [4.78, 5) is 12.0. The van der Waals surface area contributed by atoms with Crippen molar-refractivity contribution in [3.8, 4) is 11.5 Å². The van der Waals surface area contributed by atoms with Crippen LogP contribution in [0.1, 0.15) is 15.9 Å². The van der Waals surface area contributed by atoms with Crippen LogP contribution in [0.5, 0.6) is 11.5 Å². The minimum Gasteiger partial charge on any atom is -0.504 e. The molecule has 2 aromatic rings. The average molecular weight is 289 g/mol. The lowest BCUT2D eigenvalue weighted by Gasteiger charge is -2.06. The Morgan fingerprint density at radius 2 is 1.85 bits per heavy atom. The van der Waals surface area contributed by atoms with Crippen molar-refractivity contribution < 1.29 is 14.6 Å². The predicted octanol–water partition coefficient (Wildman–Crippen LogP) is 3.86. The highest BCUT2D eigenvalue weighted by atomic mass is 35.5. The third-order valence-electron chi connectivity index (χ3n) is 2.77. The lowest BCUT2D eigenvalue weighted by atomic mass is 10.1. The summed E-state index contributed by atoms with van der Waals surface area (Å²) in [5.41, 5.74) is 1.17. The number of allylic oxidation sites excluding steroid dienone is 1. The molecule has 0 spiro atoms. The maximum absolute atomic E-state index is 12.0. The first kappa shape index (κ1) is 14.2. The van der Waals surface area contributed by atoms with Crippen LogP contribution in [0.15, 0.2) is 54.6 Å². The van der Waals surface area contributed by atoms with Crippen molar-refractivity contribution in [2.75, 3.05) is 7.11 Å². The Kier molecular flexibility index (Phi) is 4.43. The molecular formula is C16H13ClO3. The number of methoxy groups -OCH3 is 1. The molecule has 4 heteroatoms. The van der Waals surface area contributed by atoms with Crippen LogP contribution in [0.25, 0.3) is 5.03 Å². The number of carbonyl (C=O) groups is 1. The number of carbonyl (C=O) groups excluding carboxylic acids is 1. The van der Waals surface area contributed by atoms with Crippen LogP contribution in [0, 0.1) is 0 Å². The maximum Gasteiger partial charge on any atom is 0.187 e. The van der Waals surface area contributed by atoms with E-state index in [1.165, 1.54) is 19.3 Å². The summed E-state index contributed by atoms with van der Waals surface area (Å²) in [6.07, 6.45) is 1.35. The Bertz CT molecular complexity index is 648. The molecule has 20 heavy (non-hydrogen) atoms. The van der Waals surface area contributed by atoms with Crippen LogP contribution in [0.3, 0.4) is 0 Å². The number of aromatic hydroxyl groups is 1. The second-order valence-electron chi connectivity index (χ2n) is 4.11. The molecule has 0 aliphatic heterocycles. The van der Waals surface area contributed by atoms with Crippen molar-refractivity contribution in [1.29, 1.82) is 0 Å². The summed E-state index contributed by atoms with van der Waals surface area (Å²) >= 11 is 6.14. The molecule has 0 unspecified atom stereocenters. The quantitative estimate of drug-likeness (QED) is 0.686. The molecule has 0 saturated carbocycles. The monoisotopic (exact) mass is 288 g/mol. The van der Waals surface area contributed by atoms with Crippen molar-refractivity contribution in [2.24, 2.45) is 0 Å². The van der Waals surface area contributed by atoms with E-state index in [4.69, 9.17) is 16.3 Å². The van der Waals surface area contributed by atoms with Gasteiger partial charge in [-0.15, -0.1) is 0 Å². The molecule has 0 amide bonds. The van der Waals surface area contributed by atoms with Gasteiger partial charge >= 0.3 is 0 Å². The van der Waals surface area contributed by atoms with Gasteiger partial charge in [-0.1, -0.05) is 41.9 Å². The molecule has 0 bridgehead atoms. The molecule has 2 rings (SSSR count). The largest absolute Gasteiger partial charge is 0.504 e. The maximum atomic E-state index is 12.0. The lowest BCUT2D eigenvalue weighted by molar-refractivity contribution is 0.104. The SMILES string of the molecule is COc1cc(C(Cl)=CC(=O)c2ccccc2)ccc1O. The first-order chi connectivity index (χ1) is 9.61. The van der Waals surface area contributed by atoms with Gasteiger partial charge in [0.1, 0.15) is 0 Å². The fraction of sp³-hybridized carbons (Fsp3) is 0.0625. The van der Waals surface area contributed by atoms with Crippen molar-refractivity contribution in [3.05, 3.63) is 65.7 Å². The molecule has 1 N–H and O–H groups in total. The molecule has 0 aliphatic rings. The summed E-state index contributed by atoms with van der Waals surface area (Å²) in [6, 6.07) is 13.5. The van der Waals surface area contributed by atoms with Gasteiger partial charge in [-0.2, -0.15) is 0 Å². The van der Waals surface area contributed by atoms with E-state index in [2.05, 4.69) is 0 Å².